The third kappa shape index (κ3) is 5.11. The number of carbonyl (C=O) groups excluding carboxylic acids is 2. The fraction of sp³-hybridized carbons (Fsp3) is 0.846. The predicted molar refractivity (Wildman–Crippen MR) is 72.2 cm³/mol. The van der Waals surface area contributed by atoms with E-state index in [0.29, 0.717) is 11.0 Å². The van der Waals surface area contributed by atoms with E-state index in [-0.39, 0.29) is 23.7 Å². The monoisotopic (exact) mass is 257 g/mol. The molecule has 0 aromatic rings. The summed E-state index contributed by atoms with van der Waals surface area (Å²) in [4.78, 5) is 23.1. The Morgan fingerprint density at radius 3 is 2.35 bits per heavy atom. The van der Waals surface area contributed by atoms with E-state index >= 15 is 0 Å². The van der Waals surface area contributed by atoms with Gasteiger partial charge in [-0.25, -0.2) is 0 Å². The Morgan fingerprint density at radius 2 is 1.88 bits per heavy atom. The Labute approximate surface area is 108 Å². The summed E-state index contributed by atoms with van der Waals surface area (Å²) in [5, 5.41) is 3.48. The minimum atomic E-state index is -0.327. The summed E-state index contributed by atoms with van der Waals surface area (Å²) in [7, 11) is 0. The second-order valence-electron chi connectivity index (χ2n) is 5.12. The zero-order valence-electron chi connectivity index (χ0n) is 11.0. The van der Waals surface area contributed by atoms with Crippen LogP contribution in [0.4, 0.5) is 0 Å². The van der Waals surface area contributed by atoms with Gasteiger partial charge in [0.05, 0.1) is 11.8 Å². The van der Waals surface area contributed by atoms with Gasteiger partial charge in [-0.2, -0.15) is 0 Å². The van der Waals surface area contributed by atoms with Crippen LogP contribution in [0.2, 0.25) is 0 Å². The molecule has 3 nitrogen and oxygen atoms in total. The lowest BCUT2D eigenvalue weighted by atomic mass is 10.0. The van der Waals surface area contributed by atoms with Crippen LogP contribution in [0.1, 0.15) is 46.5 Å². The molecule has 4 heteroatoms. The molecule has 1 fully saturated rings. The summed E-state index contributed by atoms with van der Waals surface area (Å²) in [6.07, 6.45) is 5.05. The molecule has 1 aliphatic rings. The van der Waals surface area contributed by atoms with Crippen LogP contribution in [0, 0.1) is 5.92 Å². The molecule has 1 aliphatic carbocycles. The lowest BCUT2D eigenvalue weighted by molar-refractivity contribution is -0.126. The SMILES string of the molecule is CC(=O)C(NC(=O)CSC1CCCC1)C(C)C. The summed E-state index contributed by atoms with van der Waals surface area (Å²) < 4.78 is 0. The van der Waals surface area contributed by atoms with Crippen molar-refractivity contribution in [1.82, 2.24) is 5.32 Å². The molecule has 1 atom stereocenters. The predicted octanol–water partition coefficient (Wildman–Crippen LogP) is 2.39. The van der Waals surface area contributed by atoms with E-state index in [9.17, 15) is 9.59 Å². The van der Waals surface area contributed by atoms with Crippen molar-refractivity contribution in [3.8, 4) is 0 Å². The molecule has 0 saturated heterocycles. The molecule has 0 aromatic carbocycles. The highest BCUT2D eigenvalue weighted by atomic mass is 32.2. The summed E-state index contributed by atoms with van der Waals surface area (Å²) >= 11 is 1.73. The lowest BCUT2D eigenvalue weighted by Gasteiger charge is -2.19. The lowest BCUT2D eigenvalue weighted by Crippen LogP contribution is -2.44. The fourth-order valence-corrected chi connectivity index (χ4v) is 3.34. The number of hydrogen-bond donors (Lipinski definition) is 1. The smallest absolute Gasteiger partial charge is 0.230 e. The largest absolute Gasteiger partial charge is 0.345 e. The van der Waals surface area contributed by atoms with Crippen LogP contribution in [0.5, 0.6) is 0 Å². The van der Waals surface area contributed by atoms with Crippen LogP contribution < -0.4 is 5.32 Å². The van der Waals surface area contributed by atoms with E-state index in [4.69, 9.17) is 0 Å². The summed E-state index contributed by atoms with van der Waals surface area (Å²) in [6, 6.07) is -0.327. The van der Waals surface area contributed by atoms with Gasteiger partial charge in [0.1, 0.15) is 0 Å². The Kier molecular flexibility index (Phi) is 6.03. The van der Waals surface area contributed by atoms with Crippen LogP contribution in [-0.4, -0.2) is 28.7 Å². The minimum absolute atomic E-state index is 0.00389. The van der Waals surface area contributed by atoms with Gasteiger partial charge in [-0.05, 0) is 25.7 Å². The number of nitrogens with one attached hydrogen (secondary N) is 1. The van der Waals surface area contributed by atoms with E-state index in [2.05, 4.69) is 5.32 Å². The molecule has 0 heterocycles. The Bertz CT molecular complexity index is 273. The maximum atomic E-state index is 11.7. The van der Waals surface area contributed by atoms with Gasteiger partial charge in [-0.1, -0.05) is 26.7 Å². The average Bonchev–Trinajstić information content (AvgIpc) is 2.74. The summed E-state index contributed by atoms with van der Waals surface area (Å²) in [5.74, 6) is 0.684. The van der Waals surface area contributed by atoms with Gasteiger partial charge < -0.3 is 5.32 Å². The molecule has 98 valence electrons. The standard InChI is InChI=1S/C13H23NO2S/c1-9(2)13(10(3)15)14-12(16)8-17-11-6-4-5-7-11/h9,11,13H,4-8H2,1-3H3,(H,14,16). The van der Waals surface area contributed by atoms with Gasteiger partial charge in [-0.3, -0.25) is 9.59 Å². The van der Waals surface area contributed by atoms with Crippen LogP contribution in [0.3, 0.4) is 0 Å². The summed E-state index contributed by atoms with van der Waals surface area (Å²) in [6.45, 7) is 5.45. The van der Waals surface area contributed by atoms with Crippen molar-refractivity contribution in [2.45, 2.75) is 57.7 Å². The normalized spacial score (nSPS) is 18.4. The molecule has 0 radical (unpaired) electrons. The molecule has 1 amide bonds. The highest BCUT2D eigenvalue weighted by molar-refractivity contribution is 8.00. The molecular weight excluding hydrogens is 234 g/mol. The van der Waals surface area contributed by atoms with Gasteiger partial charge in [0.25, 0.3) is 0 Å². The molecular formula is C13H23NO2S. The number of carbonyl (C=O) groups is 2. The molecule has 17 heavy (non-hydrogen) atoms. The van der Waals surface area contributed by atoms with Crippen LogP contribution in [-0.2, 0) is 9.59 Å². The maximum Gasteiger partial charge on any atom is 0.230 e. The van der Waals surface area contributed by atoms with Gasteiger partial charge in [0, 0.05) is 5.25 Å². The van der Waals surface area contributed by atoms with Gasteiger partial charge >= 0.3 is 0 Å². The Morgan fingerprint density at radius 1 is 1.29 bits per heavy atom. The van der Waals surface area contributed by atoms with Gasteiger partial charge in [-0.15, -0.1) is 11.8 Å². The second-order valence-corrected chi connectivity index (χ2v) is 6.41. The van der Waals surface area contributed by atoms with E-state index < -0.39 is 0 Å². The molecule has 0 aliphatic heterocycles. The Balaban J connectivity index is 2.29. The number of thioether (sulfide) groups is 1. The first-order valence-corrected chi connectivity index (χ1v) is 7.47. The number of Topliss-reactive ketones (excluding diaryl/α,β-unsaturated/α-hetero) is 1. The first-order chi connectivity index (χ1) is 8.00. The van der Waals surface area contributed by atoms with Crippen molar-refractivity contribution in [2.24, 2.45) is 5.92 Å². The third-order valence-electron chi connectivity index (χ3n) is 3.17. The van der Waals surface area contributed by atoms with E-state index in [0.717, 1.165) is 0 Å². The fourth-order valence-electron chi connectivity index (χ4n) is 2.20. The van der Waals surface area contributed by atoms with Crippen molar-refractivity contribution in [2.75, 3.05) is 5.75 Å². The van der Waals surface area contributed by atoms with Gasteiger partial charge in [0.15, 0.2) is 5.78 Å². The second kappa shape index (κ2) is 7.04. The first kappa shape index (κ1) is 14.6. The van der Waals surface area contributed by atoms with Crippen LogP contribution in [0.25, 0.3) is 0 Å². The number of hydrogen-bond acceptors (Lipinski definition) is 3. The topological polar surface area (TPSA) is 46.2 Å². The molecule has 1 rings (SSSR count). The molecule has 0 spiro atoms. The summed E-state index contributed by atoms with van der Waals surface area (Å²) in [5.41, 5.74) is 0. The zero-order chi connectivity index (χ0) is 12.8. The Hall–Kier alpha value is -0.510. The molecule has 1 N–H and O–H groups in total. The van der Waals surface area contributed by atoms with Crippen molar-refractivity contribution < 1.29 is 9.59 Å². The highest BCUT2D eigenvalue weighted by Gasteiger charge is 2.22. The number of rotatable bonds is 6. The van der Waals surface area contributed by atoms with E-state index in [1.54, 1.807) is 11.8 Å². The highest BCUT2D eigenvalue weighted by Crippen LogP contribution is 2.29. The van der Waals surface area contributed by atoms with Crippen molar-refractivity contribution >= 4 is 23.5 Å². The van der Waals surface area contributed by atoms with Gasteiger partial charge in [0.2, 0.25) is 5.91 Å². The van der Waals surface area contributed by atoms with E-state index in [1.165, 1.54) is 32.6 Å². The number of amides is 1. The molecule has 1 unspecified atom stereocenters. The third-order valence-corrected chi connectivity index (χ3v) is 4.55. The number of ketones is 1. The molecule has 1 saturated carbocycles. The average molecular weight is 257 g/mol. The van der Waals surface area contributed by atoms with E-state index in [1.807, 2.05) is 13.8 Å². The van der Waals surface area contributed by atoms with Crippen molar-refractivity contribution in [1.29, 1.82) is 0 Å². The van der Waals surface area contributed by atoms with Crippen molar-refractivity contribution in [3.63, 3.8) is 0 Å². The molecule has 0 aromatic heterocycles. The molecule has 0 bridgehead atoms. The maximum absolute atomic E-state index is 11.7. The minimum Gasteiger partial charge on any atom is -0.345 e. The van der Waals surface area contributed by atoms with Crippen LogP contribution in [0.15, 0.2) is 0 Å². The van der Waals surface area contributed by atoms with Crippen LogP contribution >= 0.6 is 11.8 Å². The van der Waals surface area contributed by atoms with Crippen molar-refractivity contribution in [3.05, 3.63) is 0 Å². The zero-order valence-corrected chi connectivity index (χ0v) is 11.8. The quantitative estimate of drug-likeness (QED) is 0.794. The first-order valence-electron chi connectivity index (χ1n) is 6.42.